The molecule has 4 heteroatoms. The van der Waals surface area contributed by atoms with E-state index in [-0.39, 0.29) is 5.91 Å². The molecule has 0 saturated carbocycles. The molecular formula is C18H17N3O. The van der Waals surface area contributed by atoms with Gasteiger partial charge in [-0.15, -0.1) is 0 Å². The van der Waals surface area contributed by atoms with E-state index in [0.29, 0.717) is 17.2 Å². The van der Waals surface area contributed by atoms with Crippen LogP contribution in [0.25, 0.3) is 0 Å². The molecule has 1 heterocycles. The second kappa shape index (κ2) is 5.19. The molecule has 0 aromatic heterocycles. The van der Waals surface area contributed by atoms with E-state index in [0.717, 1.165) is 5.69 Å². The number of hydrogen-bond acceptors (Lipinski definition) is 3. The van der Waals surface area contributed by atoms with E-state index in [1.54, 1.807) is 12.1 Å². The molecule has 3 rings (SSSR count). The van der Waals surface area contributed by atoms with Crippen molar-refractivity contribution in [3.8, 4) is 6.07 Å². The third-order valence-corrected chi connectivity index (χ3v) is 4.00. The molecule has 22 heavy (non-hydrogen) atoms. The zero-order valence-electron chi connectivity index (χ0n) is 12.6. The number of carbonyl (C=O) groups is 1. The standard InChI is InChI=1S/C18H17N3O/c1-12(2)13-7-9-14(10-8-13)21-18(11-19)15-5-3-4-6-16(15)20-17(18)22/h3-10,12,21H,1-2H3,(H,20,22)/t18-/m0/s1. The highest BCUT2D eigenvalue weighted by atomic mass is 16.2. The molecule has 0 saturated heterocycles. The van der Waals surface area contributed by atoms with E-state index in [9.17, 15) is 10.1 Å². The van der Waals surface area contributed by atoms with Crippen LogP contribution in [0.5, 0.6) is 0 Å². The Morgan fingerprint density at radius 2 is 1.82 bits per heavy atom. The molecule has 0 aliphatic carbocycles. The average molecular weight is 291 g/mol. The Balaban J connectivity index is 1.98. The van der Waals surface area contributed by atoms with Crippen molar-refractivity contribution < 1.29 is 4.79 Å². The number of carbonyl (C=O) groups excluding carboxylic acids is 1. The summed E-state index contributed by atoms with van der Waals surface area (Å²) in [5, 5.41) is 15.5. The molecule has 1 amide bonds. The van der Waals surface area contributed by atoms with Crippen LogP contribution < -0.4 is 10.6 Å². The predicted molar refractivity (Wildman–Crippen MR) is 86.5 cm³/mol. The van der Waals surface area contributed by atoms with Crippen LogP contribution in [0, 0.1) is 11.3 Å². The first-order valence-corrected chi connectivity index (χ1v) is 7.27. The smallest absolute Gasteiger partial charge is 0.269 e. The van der Waals surface area contributed by atoms with E-state index < -0.39 is 5.54 Å². The van der Waals surface area contributed by atoms with E-state index in [1.807, 2.05) is 36.4 Å². The monoisotopic (exact) mass is 291 g/mol. The van der Waals surface area contributed by atoms with Crippen LogP contribution >= 0.6 is 0 Å². The predicted octanol–water partition coefficient (Wildman–Crippen LogP) is 3.59. The van der Waals surface area contributed by atoms with Gasteiger partial charge in [0.15, 0.2) is 0 Å². The number of hydrogen-bond donors (Lipinski definition) is 2. The molecule has 0 unspecified atom stereocenters. The summed E-state index contributed by atoms with van der Waals surface area (Å²) in [5.41, 5.74) is 1.93. The van der Waals surface area contributed by atoms with Crippen LogP contribution in [0.4, 0.5) is 11.4 Å². The number of nitrogens with zero attached hydrogens (tertiary/aromatic N) is 1. The largest absolute Gasteiger partial charge is 0.356 e. The maximum atomic E-state index is 12.4. The third kappa shape index (κ3) is 2.11. The Kier molecular flexibility index (Phi) is 3.34. The van der Waals surface area contributed by atoms with Crippen LogP contribution in [0.15, 0.2) is 48.5 Å². The van der Waals surface area contributed by atoms with Crippen molar-refractivity contribution in [3.63, 3.8) is 0 Å². The summed E-state index contributed by atoms with van der Waals surface area (Å²) in [5.74, 6) is 0.0959. The summed E-state index contributed by atoms with van der Waals surface area (Å²) >= 11 is 0. The highest BCUT2D eigenvalue weighted by Gasteiger charge is 2.47. The SMILES string of the molecule is CC(C)c1ccc(N[C@]2(C#N)C(=O)Nc3ccccc32)cc1. The summed E-state index contributed by atoms with van der Waals surface area (Å²) in [4.78, 5) is 12.4. The average Bonchev–Trinajstić information content (AvgIpc) is 2.80. The van der Waals surface area contributed by atoms with Gasteiger partial charge in [-0.25, -0.2) is 0 Å². The topological polar surface area (TPSA) is 64.9 Å². The molecule has 4 nitrogen and oxygen atoms in total. The van der Waals surface area contributed by atoms with Crippen LogP contribution in [0.1, 0.15) is 30.9 Å². The minimum absolute atomic E-state index is 0.343. The lowest BCUT2D eigenvalue weighted by atomic mass is 9.92. The number of benzene rings is 2. The quantitative estimate of drug-likeness (QED) is 0.908. The number of amides is 1. The Morgan fingerprint density at radius 1 is 1.14 bits per heavy atom. The second-order valence-corrected chi connectivity index (χ2v) is 5.76. The highest BCUT2D eigenvalue weighted by molar-refractivity contribution is 6.09. The van der Waals surface area contributed by atoms with Gasteiger partial charge in [0.2, 0.25) is 5.54 Å². The van der Waals surface area contributed by atoms with Gasteiger partial charge in [0.05, 0.1) is 0 Å². The zero-order valence-corrected chi connectivity index (χ0v) is 12.6. The van der Waals surface area contributed by atoms with Gasteiger partial charge in [0.25, 0.3) is 5.91 Å². The summed E-state index contributed by atoms with van der Waals surface area (Å²) < 4.78 is 0. The van der Waals surface area contributed by atoms with Crippen molar-refractivity contribution in [2.45, 2.75) is 25.3 Å². The fourth-order valence-electron chi connectivity index (χ4n) is 2.69. The van der Waals surface area contributed by atoms with E-state index >= 15 is 0 Å². The van der Waals surface area contributed by atoms with Gasteiger partial charge in [-0.2, -0.15) is 5.26 Å². The van der Waals surface area contributed by atoms with Gasteiger partial charge in [-0.05, 0) is 29.7 Å². The normalized spacial score (nSPS) is 19.5. The van der Waals surface area contributed by atoms with Gasteiger partial charge in [-0.1, -0.05) is 44.2 Å². The van der Waals surface area contributed by atoms with Crippen LogP contribution in [-0.2, 0) is 10.3 Å². The van der Waals surface area contributed by atoms with Crippen LogP contribution in [-0.4, -0.2) is 5.91 Å². The molecule has 110 valence electrons. The first-order valence-electron chi connectivity index (χ1n) is 7.27. The van der Waals surface area contributed by atoms with Crippen molar-refractivity contribution in [2.75, 3.05) is 10.6 Å². The number of rotatable bonds is 3. The Hall–Kier alpha value is -2.80. The molecule has 1 atom stereocenters. The Morgan fingerprint density at radius 3 is 2.45 bits per heavy atom. The van der Waals surface area contributed by atoms with E-state index in [1.165, 1.54) is 5.56 Å². The maximum Gasteiger partial charge on any atom is 0.269 e. The molecule has 1 aliphatic rings. The summed E-state index contributed by atoms with van der Waals surface area (Å²) in [6.07, 6.45) is 0. The number of nitriles is 1. The lowest BCUT2D eigenvalue weighted by molar-refractivity contribution is -0.118. The van der Waals surface area contributed by atoms with Crippen molar-refractivity contribution in [1.82, 2.24) is 0 Å². The lowest BCUT2D eigenvalue weighted by Crippen LogP contribution is -2.40. The fourth-order valence-corrected chi connectivity index (χ4v) is 2.69. The van der Waals surface area contributed by atoms with Gasteiger partial charge in [0.1, 0.15) is 6.07 Å². The lowest BCUT2D eigenvalue weighted by Gasteiger charge is -2.22. The molecule has 2 N–H and O–H groups in total. The van der Waals surface area contributed by atoms with Gasteiger partial charge in [-0.3, -0.25) is 4.79 Å². The molecular weight excluding hydrogens is 274 g/mol. The third-order valence-electron chi connectivity index (χ3n) is 4.00. The van der Waals surface area contributed by atoms with Crippen molar-refractivity contribution >= 4 is 17.3 Å². The Labute approximate surface area is 129 Å². The Bertz CT molecular complexity index is 759. The molecule has 0 spiro atoms. The number of anilines is 2. The maximum absolute atomic E-state index is 12.4. The second-order valence-electron chi connectivity index (χ2n) is 5.76. The molecule has 0 fully saturated rings. The van der Waals surface area contributed by atoms with Crippen molar-refractivity contribution in [1.29, 1.82) is 5.26 Å². The van der Waals surface area contributed by atoms with Gasteiger partial charge < -0.3 is 10.6 Å². The van der Waals surface area contributed by atoms with Crippen molar-refractivity contribution in [3.05, 3.63) is 59.7 Å². The number of fused-ring (bicyclic) bond motifs is 1. The zero-order chi connectivity index (χ0) is 15.7. The molecule has 0 radical (unpaired) electrons. The summed E-state index contributed by atoms with van der Waals surface area (Å²) in [6, 6.07) is 17.2. The molecule has 1 aliphatic heterocycles. The minimum atomic E-state index is -1.38. The van der Waals surface area contributed by atoms with Gasteiger partial charge in [0, 0.05) is 16.9 Å². The van der Waals surface area contributed by atoms with Crippen LogP contribution in [0.2, 0.25) is 0 Å². The first kappa shape index (κ1) is 14.2. The highest BCUT2D eigenvalue weighted by Crippen LogP contribution is 2.38. The van der Waals surface area contributed by atoms with E-state index in [2.05, 4.69) is 30.6 Å². The summed E-state index contributed by atoms with van der Waals surface area (Å²) in [6.45, 7) is 4.25. The van der Waals surface area contributed by atoms with Crippen molar-refractivity contribution in [2.24, 2.45) is 0 Å². The number of para-hydroxylation sites is 1. The molecule has 2 aromatic rings. The summed E-state index contributed by atoms with van der Waals surface area (Å²) in [7, 11) is 0. The van der Waals surface area contributed by atoms with E-state index in [4.69, 9.17) is 0 Å². The molecule has 2 aromatic carbocycles. The number of nitrogens with one attached hydrogen (secondary N) is 2. The minimum Gasteiger partial charge on any atom is -0.356 e. The van der Waals surface area contributed by atoms with Crippen LogP contribution in [0.3, 0.4) is 0 Å². The molecule has 0 bridgehead atoms. The van der Waals surface area contributed by atoms with Gasteiger partial charge >= 0.3 is 0 Å². The fraction of sp³-hybridized carbons (Fsp3) is 0.222. The first-order chi connectivity index (χ1) is 10.6.